The van der Waals surface area contributed by atoms with Crippen LogP contribution in [-0.2, 0) is 0 Å². The molecule has 2 heterocycles. The van der Waals surface area contributed by atoms with Gasteiger partial charge in [-0.3, -0.25) is 0 Å². The summed E-state index contributed by atoms with van der Waals surface area (Å²) in [6.45, 7) is 2.16. The van der Waals surface area contributed by atoms with Gasteiger partial charge < -0.3 is 0 Å². The number of allylic oxidation sites excluding steroid dienone is 1. The van der Waals surface area contributed by atoms with Gasteiger partial charge in [0.25, 0.3) is 0 Å². The molecule has 0 fully saturated rings. The van der Waals surface area contributed by atoms with Gasteiger partial charge >= 0.3 is 0 Å². The summed E-state index contributed by atoms with van der Waals surface area (Å²) in [6, 6.07) is 0. The van der Waals surface area contributed by atoms with E-state index < -0.39 is 0 Å². The molecule has 0 aromatic heterocycles. The first-order valence-electron chi connectivity index (χ1n) is 3.10. The number of hydrogen-bond acceptors (Lipinski definition) is 4. The van der Waals surface area contributed by atoms with Crippen molar-refractivity contribution in [3.05, 3.63) is 29.6 Å². The summed E-state index contributed by atoms with van der Waals surface area (Å²) >= 11 is 7.39. The van der Waals surface area contributed by atoms with E-state index in [1.54, 1.807) is 0 Å². The minimum Gasteiger partial charge on any atom is -0.0884 e. The zero-order valence-electron chi connectivity index (χ0n) is 5.87. The Morgan fingerprint density at radius 2 is 1.73 bits per heavy atom. The molecule has 0 aliphatic carbocycles. The molecule has 0 amide bonds. The first-order chi connectivity index (χ1) is 5.36. The normalized spacial score (nSPS) is 23.2. The molecule has 0 unspecified atom stereocenters. The van der Waals surface area contributed by atoms with Gasteiger partial charge in [0, 0.05) is 0 Å². The lowest BCUT2D eigenvalue weighted by atomic mass is 10.8. The summed E-state index contributed by atoms with van der Waals surface area (Å²) in [4.78, 5) is 1.41. The molecule has 0 radical (unpaired) electrons. The largest absolute Gasteiger partial charge is 0.0884 e. The van der Waals surface area contributed by atoms with Crippen molar-refractivity contribution in [3.8, 4) is 0 Å². The van der Waals surface area contributed by atoms with E-state index in [1.807, 2.05) is 47.0 Å². The lowest BCUT2D eigenvalue weighted by molar-refractivity contribution is 1.73. The van der Waals surface area contributed by atoms with Crippen molar-refractivity contribution < 1.29 is 0 Å². The molecule has 0 saturated heterocycles. The predicted octanol–water partition coefficient (Wildman–Crippen LogP) is 4.41. The molecule has 2 aliphatic rings. The summed E-state index contributed by atoms with van der Waals surface area (Å²) in [7, 11) is 0. The monoisotopic (exact) mass is 218 g/mol. The zero-order valence-corrected chi connectivity index (χ0v) is 9.13. The molecule has 58 valence electrons. The highest BCUT2D eigenvalue weighted by molar-refractivity contribution is 8.33. The van der Waals surface area contributed by atoms with E-state index in [1.165, 1.54) is 13.4 Å². The smallest absolute Gasteiger partial charge is 0.0696 e. The molecule has 0 saturated carbocycles. The maximum absolute atomic E-state index is 2.21. The average molecular weight is 218 g/mol. The molecule has 2 aliphatic heterocycles. The second-order valence-electron chi connectivity index (χ2n) is 2.03. The maximum atomic E-state index is 2.21. The van der Waals surface area contributed by atoms with Crippen LogP contribution in [0.2, 0.25) is 0 Å². The Morgan fingerprint density at radius 1 is 1.00 bits per heavy atom. The highest BCUT2D eigenvalue weighted by Gasteiger charge is 2.15. The second-order valence-corrected chi connectivity index (χ2v) is 6.52. The number of rotatable bonds is 0. The van der Waals surface area contributed by atoms with Gasteiger partial charge in [0.05, 0.1) is 8.47 Å². The lowest BCUT2D eigenvalue weighted by Gasteiger charge is -1.98. The van der Waals surface area contributed by atoms with Crippen LogP contribution in [0.15, 0.2) is 29.6 Å². The van der Waals surface area contributed by atoms with Crippen LogP contribution in [0.1, 0.15) is 6.92 Å². The highest BCUT2D eigenvalue weighted by Crippen LogP contribution is 2.52. The van der Waals surface area contributed by atoms with Crippen LogP contribution >= 0.6 is 47.0 Å². The summed E-state index contributed by atoms with van der Waals surface area (Å²) in [6.07, 6.45) is 0. The van der Waals surface area contributed by atoms with Crippen LogP contribution < -0.4 is 0 Å². The van der Waals surface area contributed by atoms with Crippen LogP contribution in [0.3, 0.4) is 0 Å². The van der Waals surface area contributed by atoms with Crippen molar-refractivity contribution in [3.63, 3.8) is 0 Å². The summed E-state index contributed by atoms with van der Waals surface area (Å²) in [5, 5.41) is 6.50. The molecule has 0 aromatic rings. The SMILES string of the molecule is CC1=CSC(=C2SC=CS2)S1. The van der Waals surface area contributed by atoms with Gasteiger partial charge in [-0.1, -0.05) is 47.0 Å². The molecule has 0 nitrogen and oxygen atoms in total. The first kappa shape index (κ1) is 8.23. The van der Waals surface area contributed by atoms with Crippen LogP contribution in [0, 0.1) is 0 Å². The van der Waals surface area contributed by atoms with E-state index >= 15 is 0 Å². The van der Waals surface area contributed by atoms with E-state index in [2.05, 4.69) is 23.1 Å². The Kier molecular flexibility index (Phi) is 2.66. The van der Waals surface area contributed by atoms with E-state index in [9.17, 15) is 0 Å². The third-order valence-corrected chi connectivity index (χ3v) is 6.21. The molecule has 0 aromatic carbocycles. The van der Waals surface area contributed by atoms with Crippen molar-refractivity contribution in [2.24, 2.45) is 0 Å². The molecule has 0 spiro atoms. The Hall–Kier alpha value is 0.620. The van der Waals surface area contributed by atoms with Gasteiger partial charge in [0.1, 0.15) is 0 Å². The average Bonchev–Trinajstić information content (AvgIpc) is 2.55. The van der Waals surface area contributed by atoms with Crippen molar-refractivity contribution in [1.29, 1.82) is 0 Å². The van der Waals surface area contributed by atoms with Gasteiger partial charge in [-0.15, -0.1) is 0 Å². The third kappa shape index (κ3) is 1.86. The van der Waals surface area contributed by atoms with Gasteiger partial charge in [0.2, 0.25) is 0 Å². The molecular weight excluding hydrogens is 212 g/mol. The Morgan fingerprint density at radius 3 is 2.27 bits per heavy atom. The van der Waals surface area contributed by atoms with Crippen LogP contribution in [-0.4, -0.2) is 0 Å². The van der Waals surface area contributed by atoms with Gasteiger partial charge in [0.15, 0.2) is 0 Å². The minimum atomic E-state index is 1.41. The maximum Gasteiger partial charge on any atom is 0.0696 e. The standard InChI is InChI=1S/C7H6S4/c1-5-4-10-7(11-5)6-8-2-3-9-6/h2-4H,1H3. The van der Waals surface area contributed by atoms with Gasteiger partial charge in [-0.25, -0.2) is 0 Å². The van der Waals surface area contributed by atoms with Crippen LogP contribution in [0.5, 0.6) is 0 Å². The fourth-order valence-electron chi connectivity index (χ4n) is 0.724. The van der Waals surface area contributed by atoms with Crippen molar-refractivity contribution in [1.82, 2.24) is 0 Å². The fraction of sp³-hybridized carbons (Fsp3) is 0.143. The van der Waals surface area contributed by atoms with Crippen LogP contribution in [0.4, 0.5) is 0 Å². The number of hydrogen-bond donors (Lipinski definition) is 0. The fourth-order valence-corrected chi connectivity index (χ4v) is 5.09. The molecule has 2 rings (SSSR count). The summed E-state index contributed by atoms with van der Waals surface area (Å²) in [5.74, 6) is 0. The molecule has 4 heteroatoms. The molecular formula is C7H6S4. The van der Waals surface area contributed by atoms with Crippen molar-refractivity contribution in [2.75, 3.05) is 0 Å². The quantitative estimate of drug-likeness (QED) is 0.590. The summed E-state index contributed by atoms with van der Waals surface area (Å²) in [5.41, 5.74) is 0. The highest BCUT2D eigenvalue weighted by atomic mass is 32.2. The third-order valence-electron chi connectivity index (χ3n) is 1.16. The van der Waals surface area contributed by atoms with Crippen LogP contribution in [0.25, 0.3) is 0 Å². The summed E-state index contributed by atoms with van der Waals surface area (Å²) < 4.78 is 2.88. The van der Waals surface area contributed by atoms with E-state index in [0.717, 1.165) is 0 Å². The topological polar surface area (TPSA) is 0 Å². The molecule has 11 heavy (non-hydrogen) atoms. The molecule has 0 N–H and O–H groups in total. The van der Waals surface area contributed by atoms with Gasteiger partial charge in [-0.2, -0.15) is 0 Å². The van der Waals surface area contributed by atoms with E-state index in [4.69, 9.17) is 0 Å². The Labute approximate surface area is 83.3 Å². The second kappa shape index (κ2) is 3.56. The van der Waals surface area contributed by atoms with E-state index in [-0.39, 0.29) is 0 Å². The van der Waals surface area contributed by atoms with E-state index in [0.29, 0.717) is 0 Å². The minimum absolute atomic E-state index is 1.41. The van der Waals surface area contributed by atoms with Crippen molar-refractivity contribution >= 4 is 47.0 Å². The Balaban J connectivity index is 2.12. The zero-order chi connectivity index (χ0) is 7.68. The lowest BCUT2D eigenvalue weighted by Crippen LogP contribution is -1.64. The molecule has 0 atom stereocenters. The molecule has 0 bridgehead atoms. The predicted molar refractivity (Wildman–Crippen MR) is 60.3 cm³/mol. The van der Waals surface area contributed by atoms with Gasteiger partial charge in [-0.05, 0) is 28.1 Å². The Bertz CT molecular complexity index is 252. The first-order valence-corrected chi connectivity index (χ1v) is 6.56. The number of thioether (sulfide) groups is 4. The van der Waals surface area contributed by atoms with Crippen molar-refractivity contribution in [2.45, 2.75) is 6.92 Å².